The van der Waals surface area contributed by atoms with Crippen molar-refractivity contribution >= 4 is 23.1 Å². The van der Waals surface area contributed by atoms with E-state index in [1.807, 2.05) is 0 Å². The van der Waals surface area contributed by atoms with Crippen molar-refractivity contribution in [1.29, 1.82) is 0 Å². The Balaban J connectivity index is 1.96. The Morgan fingerprint density at radius 3 is 2.41 bits per heavy atom. The fourth-order valence-corrected chi connectivity index (χ4v) is 3.37. The molecule has 1 aromatic heterocycles. The summed E-state index contributed by atoms with van der Waals surface area (Å²) in [6.45, 7) is 3.15. The third kappa shape index (κ3) is 5.30. The molecule has 0 saturated carbocycles. The van der Waals surface area contributed by atoms with E-state index in [4.69, 9.17) is 5.73 Å². The van der Waals surface area contributed by atoms with Gasteiger partial charge in [0, 0.05) is 6.54 Å². The van der Waals surface area contributed by atoms with Crippen LogP contribution in [0.25, 0.3) is 0 Å². The van der Waals surface area contributed by atoms with Crippen LogP contribution < -0.4 is 27.2 Å². The van der Waals surface area contributed by atoms with E-state index in [0.29, 0.717) is 0 Å². The second kappa shape index (κ2) is 10.3. The normalized spacial score (nSPS) is 11.0. The number of halogens is 3. The molecule has 3 rings (SSSR count). The molecule has 0 fully saturated rings. The minimum Gasteiger partial charge on any atom is -0.383 e. The number of hydrogen-bond acceptors (Lipinski definition) is 5. The van der Waals surface area contributed by atoms with Gasteiger partial charge in [0.05, 0.1) is 18.8 Å². The van der Waals surface area contributed by atoms with E-state index in [-0.39, 0.29) is 30.5 Å². The lowest BCUT2D eigenvalue weighted by Crippen LogP contribution is -2.44. The number of rotatable bonds is 8. The first kappa shape index (κ1) is 24.6. The number of nitrogens with zero attached hydrogens (tertiary/aromatic N) is 2. The summed E-state index contributed by atoms with van der Waals surface area (Å²) in [6, 6.07) is 10.6. The maximum absolute atomic E-state index is 14.0. The quantitative estimate of drug-likeness (QED) is 0.434. The largest absolute Gasteiger partial charge is 0.383 e. The Kier molecular flexibility index (Phi) is 7.44. The van der Waals surface area contributed by atoms with Gasteiger partial charge in [-0.1, -0.05) is 44.2 Å². The number of aromatic nitrogens is 2. The van der Waals surface area contributed by atoms with Gasteiger partial charge in [-0.25, -0.2) is 18.0 Å². The number of nitrogens with two attached hydrogens (primary N) is 1. The van der Waals surface area contributed by atoms with Gasteiger partial charge in [-0.3, -0.25) is 19.1 Å². The van der Waals surface area contributed by atoms with Crippen LogP contribution in [0.5, 0.6) is 0 Å². The van der Waals surface area contributed by atoms with Gasteiger partial charge >= 0.3 is 5.69 Å². The number of benzene rings is 2. The fraction of sp³-hybridized carbons (Fsp3) is 0.261. The molecule has 1 amide bonds. The van der Waals surface area contributed by atoms with Gasteiger partial charge in [-0.05, 0) is 23.6 Å². The van der Waals surface area contributed by atoms with E-state index >= 15 is 0 Å². The number of anilines is 3. The molecule has 1 heterocycles. The van der Waals surface area contributed by atoms with E-state index in [2.05, 4.69) is 10.3 Å². The molecule has 0 aliphatic rings. The number of carbonyl (C=O) groups excluding carboxylic acids is 1. The van der Waals surface area contributed by atoms with Crippen molar-refractivity contribution < 1.29 is 18.0 Å². The molecule has 34 heavy (non-hydrogen) atoms. The van der Waals surface area contributed by atoms with Gasteiger partial charge in [-0.15, -0.1) is 0 Å². The molecule has 0 atom stereocenters. The van der Waals surface area contributed by atoms with E-state index in [0.717, 1.165) is 27.2 Å². The van der Waals surface area contributed by atoms with Crippen LogP contribution in [0, 0.1) is 23.4 Å². The van der Waals surface area contributed by atoms with Crippen molar-refractivity contribution in [2.75, 3.05) is 29.0 Å². The number of aromatic amines is 1. The van der Waals surface area contributed by atoms with Crippen LogP contribution >= 0.6 is 0 Å². The van der Waals surface area contributed by atoms with Crippen LogP contribution in [0.2, 0.25) is 0 Å². The summed E-state index contributed by atoms with van der Waals surface area (Å²) in [6.07, 6.45) is 0. The highest BCUT2D eigenvalue weighted by atomic mass is 19.2. The van der Waals surface area contributed by atoms with Crippen molar-refractivity contribution in [1.82, 2.24) is 9.55 Å². The predicted octanol–water partition coefficient (Wildman–Crippen LogP) is 2.69. The Bertz CT molecular complexity index is 1310. The Labute approximate surface area is 192 Å². The summed E-state index contributed by atoms with van der Waals surface area (Å²) in [5.74, 6) is -5.54. The summed E-state index contributed by atoms with van der Waals surface area (Å²) in [5, 5.41) is 2.41. The Morgan fingerprint density at radius 1 is 1.09 bits per heavy atom. The van der Waals surface area contributed by atoms with Crippen LogP contribution in [0.15, 0.2) is 52.1 Å². The van der Waals surface area contributed by atoms with Gasteiger partial charge in [0.1, 0.15) is 5.82 Å². The zero-order chi connectivity index (χ0) is 25.0. The van der Waals surface area contributed by atoms with Crippen molar-refractivity contribution in [3.05, 3.63) is 86.3 Å². The summed E-state index contributed by atoms with van der Waals surface area (Å²) < 4.78 is 41.8. The van der Waals surface area contributed by atoms with Gasteiger partial charge in [0.2, 0.25) is 5.91 Å². The van der Waals surface area contributed by atoms with Crippen molar-refractivity contribution in [2.24, 2.45) is 5.92 Å². The molecular formula is C23H24F3N5O3. The molecule has 2 aromatic carbocycles. The number of hydrogen-bond donors (Lipinski definition) is 3. The Morgan fingerprint density at radius 2 is 1.76 bits per heavy atom. The van der Waals surface area contributed by atoms with Crippen molar-refractivity contribution in [3.63, 3.8) is 0 Å². The van der Waals surface area contributed by atoms with Crippen LogP contribution in [0.4, 0.5) is 30.4 Å². The maximum Gasteiger partial charge on any atom is 0.330 e. The molecule has 0 unspecified atom stereocenters. The molecule has 8 nitrogen and oxygen atoms in total. The van der Waals surface area contributed by atoms with Crippen LogP contribution in [0.3, 0.4) is 0 Å². The third-order valence-electron chi connectivity index (χ3n) is 4.98. The number of nitrogens with one attached hydrogen (secondary N) is 2. The molecule has 0 aliphatic heterocycles. The molecule has 0 aliphatic carbocycles. The van der Waals surface area contributed by atoms with E-state index < -0.39 is 46.8 Å². The molecule has 0 spiro atoms. The fourth-order valence-electron chi connectivity index (χ4n) is 3.37. The van der Waals surface area contributed by atoms with Crippen LogP contribution in [-0.4, -0.2) is 28.5 Å². The molecule has 180 valence electrons. The Hall–Kier alpha value is -4.02. The van der Waals surface area contributed by atoms with Gasteiger partial charge in [0.15, 0.2) is 23.1 Å². The lowest BCUT2D eigenvalue weighted by molar-refractivity contribution is -0.117. The summed E-state index contributed by atoms with van der Waals surface area (Å²) in [7, 11) is 0. The summed E-state index contributed by atoms with van der Waals surface area (Å²) in [4.78, 5) is 41.5. The average Bonchev–Trinajstić information content (AvgIpc) is 2.79. The first-order valence-electron chi connectivity index (χ1n) is 10.4. The van der Waals surface area contributed by atoms with Gasteiger partial charge in [0.25, 0.3) is 5.56 Å². The number of carbonyl (C=O) groups is 1. The lowest BCUT2D eigenvalue weighted by atomic mass is 10.2. The van der Waals surface area contributed by atoms with Gasteiger partial charge < -0.3 is 16.0 Å². The SMILES string of the molecule is CC(C)CN(C(=O)CNc1ccc(F)c(F)c1F)c1c(N)n(Cc2ccccc2)c(=O)[nH]c1=O. The van der Waals surface area contributed by atoms with Crippen LogP contribution in [-0.2, 0) is 11.3 Å². The first-order chi connectivity index (χ1) is 16.1. The second-order valence-corrected chi connectivity index (χ2v) is 8.04. The molecule has 4 N–H and O–H groups in total. The molecule has 0 saturated heterocycles. The third-order valence-corrected chi connectivity index (χ3v) is 4.98. The van der Waals surface area contributed by atoms with E-state index in [1.165, 1.54) is 0 Å². The monoisotopic (exact) mass is 475 g/mol. The predicted molar refractivity (Wildman–Crippen MR) is 123 cm³/mol. The highest BCUT2D eigenvalue weighted by Crippen LogP contribution is 2.22. The molecule has 3 aromatic rings. The lowest BCUT2D eigenvalue weighted by Gasteiger charge is -2.26. The highest BCUT2D eigenvalue weighted by Gasteiger charge is 2.25. The standard InChI is InChI=1S/C23H24F3N5O3/c1-13(2)11-30(17(32)10-28-16-9-8-15(24)18(25)19(16)26)20-21(27)31(23(34)29-22(20)33)12-14-6-4-3-5-7-14/h3-9,13,28H,10-12,27H2,1-2H3,(H,29,33,34). The smallest absolute Gasteiger partial charge is 0.330 e. The topological polar surface area (TPSA) is 113 Å². The van der Waals surface area contributed by atoms with Crippen LogP contribution in [0.1, 0.15) is 19.4 Å². The number of H-pyrrole nitrogens is 1. The zero-order valence-electron chi connectivity index (χ0n) is 18.6. The molecule has 0 radical (unpaired) electrons. The van der Waals surface area contributed by atoms with Gasteiger partial charge in [-0.2, -0.15) is 0 Å². The second-order valence-electron chi connectivity index (χ2n) is 8.04. The minimum atomic E-state index is -1.68. The molecule has 11 heteroatoms. The maximum atomic E-state index is 14.0. The van der Waals surface area contributed by atoms with E-state index in [9.17, 15) is 27.6 Å². The first-order valence-corrected chi connectivity index (χ1v) is 10.4. The average molecular weight is 475 g/mol. The number of nitrogen functional groups attached to an aromatic ring is 1. The van der Waals surface area contributed by atoms with Crippen molar-refractivity contribution in [2.45, 2.75) is 20.4 Å². The highest BCUT2D eigenvalue weighted by molar-refractivity contribution is 5.98. The molecular weight excluding hydrogens is 451 g/mol. The zero-order valence-corrected chi connectivity index (χ0v) is 18.6. The summed E-state index contributed by atoms with van der Waals surface area (Å²) in [5.41, 5.74) is 4.67. The molecule has 0 bridgehead atoms. The summed E-state index contributed by atoms with van der Waals surface area (Å²) >= 11 is 0. The van der Waals surface area contributed by atoms with Crippen molar-refractivity contribution in [3.8, 4) is 0 Å². The number of amides is 1. The minimum absolute atomic E-state index is 0.0529. The van der Waals surface area contributed by atoms with E-state index in [1.54, 1.807) is 44.2 Å².